The number of pyridine rings is 1. The zero-order chi connectivity index (χ0) is 20.1. The second kappa shape index (κ2) is 10.2. The van der Waals surface area contributed by atoms with Gasteiger partial charge in [0.2, 0.25) is 0 Å². The number of aromatic nitrogens is 1. The minimum Gasteiger partial charge on any atom is -0.465 e. The molecule has 3 rings (SSSR count). The molecule has 1 aromatic heterocycles. The molecule has 2 heterocycles. The lowest BCUT2D eigenvalue weighted by Gasteiger charge is -2.33. The van der Waals surface area contributed by atoms with Crippen LogP contribution < -0.4 is 9.62 Å². The Hall–Kier alpha value is -1.91. The van der Waals surface area contributed by atoms with Gasteiger partial charge in [-0.25, -0.2) is 4.79 Å². The predicted molar refractivity (Wildman–Crippen MR) is 114 cm³/mol. The predicted octanol–water partition coefficient (Wildman–Crippen LogP) is 2.10. The van der Waals surface area contributed by atoms with Gasteiger partial charge in [-0.15, -0.1) is 12.4 Å². The van der Waals surface area contributed by atoms with E-state index < -0.39 is 16.2 Å². The summed E-state index contributed by atoms with van der Waals surface area (Å²) in [6.45, 7) is 1.96. The molecule has 1 aromatic carbocycles. The molecule has 0 radical (unpaired) electrons. The van der Waals surface area contributed by atoms with E-state index in [0.29, 0.717) is 48.1 Å². The highest BCUT2D eigenvalue weighted by Crippen LogP contribution is 2.26. The SMILES string of the molecule is COC(=O)c1ccc(CN(c2cccc(Cl)c2)S(=O)(=O)N2CCNCC2)nc1.Cl. The van der Waals surface area contributed by atoms with E-state index in [9.17, 15) is 13.2 Å². The highest BCUT2D eigenvalue weighted by atomic mass is 35.5. The van der Waals surface area contributed by atoms with Crippen LogP contribution in [0.1, 0.15) is 16.1 Å². The summed E-state index contributed by atoms with van der Waals surface area (Å²) >= 11 is 6.09. The van der Waals surface area contributed by atoms with Gasteiger partial charge >= 0.3 is 16.2 Å². The number of carbonyl (C=O) groups excluding carboxylic acids is 1. The number of anilines is 1. The van der Waals surface area contributed by atoms with Gasteiger partial charge in [-0.05, 0) is 30.3 Å². The molecule has 8 nitrogen and oxygen atoms in total. The van der Waals surface area contributed by atoms with Crippen LogP contribution in [-0.4, -0.2) is 57.0 Å². The van der Waals surface area contributed by atoms with Crippen LogP contribution in [-0.2, 0) is 21.5 Å². The molecule has 1 fully saturated rings. The lowest BCUT2D eigenvalue weighted by molar-refractivity contribution is 0.0600. The first-order valence-corrected chi connectivity index (χ1v) is 10.5. The number of benzene rings is 1. The van der Waals surface area contributed by atoms with Crippen molar-refractivity contribution in [3.05, 3.63) is 58.9 Å². The van der Waals surface area contributed by atoms with Gasteiger partial charge in [0.25, 0.3) is 0 Å². The minimum atomic E-state index is -3.79. The van der Waals surface area contributed by atoms with E-state index in [0.717, 1.165) is 0 Å². The van der Waals surface area contributed by atoms with Gasteiger partial charge in [-0.2, -0.15) is 12.7 Å². The van der Waals surface area contributed by atoms with Crippen LogP contribution >= 0.6 is 24.0 Å². The monoisotopic (exact) mass is 460 g/mol. The number of hydrogen-bond donors (Lipinski definition) is 1. The maximum atomic E-state index is 13.3. The van der Waals surface area contributed by atoms with Gasteiger partial charge in [0.05, 0.1) is 30.6 Å². The van der Waals surface area contributed by atoms with Gasteiger partial charge in [0, 0.05) is 37.4 Å². The fourth-order valence-corrected chi connectivity index (χ4v) is 4.64. The zero-order valence-corrected chi connectivity index (χ0v) is 18.1. The lowest BCUT2D eigenvalue weighted by atomic mass is 10.2. The minimum absolute atomic E-state index is 0. The van der Waals surface area contributed by atoms with Gasteiger partial charge in [0.15, 0.2) is 0 Å². The first-order chi connectivity index (χ1) is 13.4. The summed E-state index contributed by atoms with van der Waals surface area (Å²) in [5.74, 6) is -0.501. The fraction of sp³-hybridized carbons (Fsp3) is 0.333. The molecule has 0 aliphatic carbocycles. The summed E-state index contributed by atoms with van der Waals surface area (Å²) in [4.78, 5) is 15.8. The molecule has 11 heteroatoms. The van der Waals surface area contributed by atoms with Gasteiger partial charge in [-0.3, -0.25) is 9.29 Å². The number of piperazine rings is 1. The summed E-state index contributed by atoms with van der Waals surface area (Å²) in [5.41, 5.74) is 1.24. The van der Waals surface area contributed by atoms with Crippen LogP contribution in [0.3, 0.4) is 0 Å². The van der Waals surface area contributed by atoms with Gasteiger partial charge in [0.1, 0.15) is 0 Å². The Balaban J connectivity index is 0.00000300. The molecule has 1 aliphatic heterocycles. The molecule has 1 aliphatic rings. The quantitative estimate of drug-likeness (QED) is 0.663. The summed E-state index contributed by atoms with van der Waals surface area (Å²) in [6, 6.07) is 9.84. The van der Waals surface area contributed by atoms with Crippen molar-refractivity contribution in [1.82, 2.24) is 14.6 Å². The van der Waals surface area contributed by atoms with E-state index in [1.54, 1.807) is 36.4 Å². The topological polar surface area (TPSA) is 91.8 Å². The molecule has 1 N–H and O–H groups in total. The molecule has 1 saturated heterocycles. The Bertz CT molecular complexity index is 935. The van der Waals surface area contributed by atoms with Crippen LogP contribution in [0.15, 0.2) is 42.6 Å². The Kier molecular flexibility index (Phi) is 8.23. The van der Waals surface area contributed by atoms with Crippen molar-refractivity contribution in [3.63, 3.8) is 0 Å². The van der Waals surface area contributed by atoms with Crippen molar-refractivity contribution in [2.45, 2.75) is 6.54 Å². The smallest absolute Gasteiger partial charge is 0.339 e. The number of rotatable bonds is 6. The maximum absolute atomic E-state index is 13.3. The second-order valence-corrected chi connectivity index (χ2v) is 8.46. The summed E-state index contributed by atoms with van der Waals surface area (Å²) in [5, 5.41) is 3.58. The van der Waals surface area contributed by atoms with E-state index >= 15 is 0 Å². The van der Waals surface area contributed by atoms with Crippen molar-refractivity contribution in [3.8, 4) is 0 Å². The van der Waals surface area contributed by atoms with E-state index in [2.05, 4.69) is 15.0 Å². The van der Waals surface area contributed by atoms with Crippen molar-refractivity contribution >= 4 is 45.9 Å². The van der Waals surface area contributed by atoms with Crippen LogP contribution in [0.5, 0.6) is 0 Å². The van der Waals surface area contributed by atoms with Crippen LogP contribution in [0.4, 0.5) is 5.69 Å². The van der Waals surface area contributed by atoms with Crippen LogP contribution in [0.2, 0.25) is 5.02 Å². The van der Waals surface area contributed by atoms with Crippen LogP contribution in [0, 0.1) is 0 Å². The highest BCUT2D eigenvalue weighted by molar-refractivity contribution is 7.90. The average Bonchev–Trinajstić information content (AvgIpc) is 2.72. The number of carbonyl (C=O) groups is 1. The molecule has 0 saturated carbocycles. The Morgan fingerprint density at radius 2 is 2.00 bits per heavy atom. The van der Waals surface area contributed by atoms with Crippen molar-refractivity contribution < 1.29 is 17.9 Å². The van der Waals surface area contributed by atoms with E-state index in [-0.39, 0.29) is 19.0 Å². The number of nitrogens with one attached hydrogen (secondary N) is 1. The number of methoxy groups -OCH3 is 1. The molecule has 29 heavy (non-hydrogen) atoms. The van der Waals surface area contributed by atoms with Crippen molar-refractivity contribution in [2.75, 3.05) is 37.6 Å². The normalized spacial score (nSPS) is 14.7. The Morgan fingerprint density at radius 3 is 2.59 bits per heavy atom. The third kappa shape index (κ3) is 5.58. The van der Waals surface area contributed by atoms with E-state index in [1.807, 2.05) is 0 Å². The van der Waals surface area contributed by atoms with Crippen molar-refractivity contribution in [1.29, 1.82) is 0 Å². The number of nitrogens with zero attached hydrogens (tertiary/aromatic N) is 3. The van der Waals surface area contributed by atoms with Gasteiger partial charge in [-0.1, -0.05) is 17.7 Å². The Labute approximate surface area is 181 Å². The first kappa shape index (κ1) is 23.4. The largest absolute Gasteiger partial charge is 0.465 e. The first-order valence-electron chi connectivity index (χ1n) is 8.69. The molecule has 0 amide bonds. The lowest BCUT2D eigenvalue weighted by Crippen LogP contribution is -2.51. The molecular formula is C18H22Cl2N4O4S. The molecular weight excluding hydrogens is 439 g/mol. The molecule has 158 valence electrons. The summed E-state index contributed by atoms with van der Waals surface area (Å²) in [7, 11) is -2.50. The average molecular weight is 461 g/mol. The second-order valence-electron chi connectivity index (χ2n) is 6.17. The molecule has 0 atom stereocenters. The van der Waals surface area contributed by atoms with Crippen molar-refractivity contribution in [2.24, 2.45) is 0 Å². The van der Waals surface area contributed by atoms with E-state index in [1.165, 1.54) is 21.9 Å². The summed E-state index contributed by atoms with van der Waals surface area (Å²) < 4.78 is 34.0. The molecule has 2 aromatic rings. The maximum Gasteiger partial charge on any atom is 0.339 e. The number of esters is 1. The van der Waals surface area contributed by atoms with E-state index in [4.69, 9.17) is 11.6 Å². The third-order valence-electron chi connectivity index (χ3n) is 4.33. The molecule has 0 bridgehead atoms. The third-order valence-corrected chi connectivity index (χ3v) is 6.48. The zero-order valence-electron chi connectivity index (χ0n) is 15.7. The molecule has 0 unspecified atom stereocenters. The standard InChI is InChI=1S/C18H21ClN4O4S.ClH/c1-27-18(24)14-5-6-16(21-12-14)13-23(17-4-2-3-15(19)11-17)28(25,26)22-9-7-20-8-10-22;/h2-6,11-12,20H,7-10,13H2,1H3;1H. The summed E-state index contributed by atoms with van der Waals surface area (Å²) in [6.07, 6.45) is 1.37. The number of halogens is 2. The fourth-order valence-electron chi connectivity index (χ4n) is 2.86. The van der Waals surface area contributed by atoms with Gasteiger partial charge < -0.3 is 10.1 Å². The number of ether oxygens (including phenoxy) is 1. The Morgan fingerprint density at radius 1 is 1.28 bits per heavy atom. The highest BCUT2D eigenvalue weighted by Gasteiger charge is 2.31. The molecule has 0 spiro atoms. The number of hydrogen-bond acceptors (Lipinski definition) is 6. The van der Waals surface area contributed by atoms with Crippen LogP contribution in [0.25, 0.3) is 0 Å².